The van der Waals surface area contributed by atoms with Gasteiger partial charge in [0.1, 0.15) is 11.2 Å². The minimum Gasteiger partial charge on any atom is -0.472 e. The van der Waals surface area contributed by atoms with Crippen LogP contribution >= 0.6 is 11.6 Å². The fourth-order valence-electron chi connectivity index (χ4n) is 4.67. The number of alkyl halides is 3. The molecule has 0 N–H and O–H groups in total. The van der Waals surface area contributed by atoms with Crippen LogP contribution in [-0.2, 0) is 15.7 Å². The maximum atomic E-state index is 14.0. The monoisotopic (exact) mass is 517 g/mol. The average Bonchev–Trinajstić information content (AvgIpc) is 3.62. The van der Waals surface area contributed by atoms with E-state index in [0.29, 0.717) is 12.0 Å². The zero-order valence-corrected chi connectivity index (χ0v) is 19.6. The van der Waals surface area contributed by atoms with Gasteiger partial charge < -0.3 is 14.1 Å². The summed E-state index contributed by atoms with van der Waals surface area (Å²) in [6, 6.07) is 10.6. The van der Waals surface area contributed by atoms with Crippen LogP contribution < -0.4 is 0 Å². The maximum Gasteiger partial charge on any atom is 0.420 e. The Morgan fingerprint density at radius 3 is 2.56 bits per heavy atom. The predicted molar refractivity (Wildman–Crippen MR) is 124 cm³/mol. The number of benzene rings is 1. The van der Waals surface area contributed by atoms with Crippen LogP contribution in [0.15, 0.2) is 65.6 Å². The van der Waals surface area contributed by atoms with E-state index in [1.165, 1.54) is 36.8 Å². The molecular weight excluding hydrogens is 499 g/mol. The zero-order chi connectivity index (χ0) is 25.6. The van der Waals surface area contributed by atoms with Crippen LogP contribution in [0.4, 0.5) is 13.2 Å². The third-order valence-corrected chi connectivity index (χ3v) is 6.71. The second-order valence-electron chi connectivity index (χ2n) is 8.37. The van der Waals surface area contributed by atoms with Crippen LogP contribution in [0.1, 0.15) is 34.0 Å². The number of imidazole rings is 1. The van der Waals surface area contributed by atoms with Crippen LogP contribution in [0.3, 0.4) is 0 Å². The standard InChI is InChI=1S/C25H19ClF3N3O4/c1-35-24(34)20-17(14-5-3-2-4-6-14)7-9-31(20)23(33)19-21(26)32-12-16(15-8-10-36-13-15)11-18(22(32)30-19)25(27,28)29/h2-6,8,10-13,17,20H,7,9H2,1H3/t17-,20-/m1/s1. The Morgan fingerprint density at radius 2 is 1.92 bits per heavy atom. The summed E-state index contributed by atoms with van der Waals surface area (Å²) in [7, 11) is 1.22. The van der Waals surface area contributed by atoms with Crippen LogP contribution in [0.2, 0.25) is 5.15 Å². The third kappa shape index (κ3) is 4.01. The van der Waals surface area contributed by atoms with Gasteiger partial charge in [-0.15, -0.1) is 0 Å². The smallest absolute Gasteiger partial charge is 0.420 e. The van der Waals surface area contributed by atoms with Gasteiger partial charge in [0.05, 0.1) is 25.2 Å². The molecule has 5 rings (SSSR count). The lowest BCUT2D eigenvalue weighted by atomic mass is 9.91. The van der Waals surface area contributed by atoms with E-state index in [9.17, 15) is 22.8 Å². The molecule has 1 saturated heterocycles. The van der Waals surface area contributed by atoms with Crippen molar-refractivity contribution in [1.29, 1.82) is 0 Å². The Balaban J connectivity index is 1.60. The van der Waals surface area contributed by atoms with Crippen LogP contribution in [0.25, 0.3) is 16.8 Å². The number of aromatic nitrogens is 2. The van der Waals surface area contributed by atoms with E-state index in [1.54, 1.807) is 0 Å². The van der Waals surface area contributed by atoms with E-state index in [2.05, 4.69) is 4.98 Å². The van der Waals surface area contributed by atoms with Gasteiger partial charge >= 0.3 is 12.1 Å². The molecule has 1 aliphatic heterocycles. The number of esters is 1. The highest BCUT2D eigenvalue weighted by molar-refractivity contribution is 6.33. The summed E-state index contributed by atoms with van der Waals surface area (Å²) in [5.41, 5.74) is -0.537. The predicted octanol–water partition coefficient (Wildman–Crippen LogP) is 5.44. The number of methoxy groups -OCH3 is 1. The Morgan fingerprint density at radius 1 is 1.17 bits per heavy atom. The van der Waals surface area contributed by atoms with Gasteiger partial charge in [-0.2, -0.15) is 13.2 Å². The minimum atomic E-state index is -4.77. The van der Waals surface area contributed by atoms with E-state index in [1.807, 2.05) is 30.3 Å². The molecule has 1 amide bonds. The van der Waals surface area contributed by atoms with Crippen molar-refractivity contribution in [3.05, 3.63) is 83.2 Å². The molecule has 186 valence electrons. The number of likely N-dealkylation sites (tertiary alicyclic amines) is 1. The summed E-state index contributed by atoms with van der Waals surface area (Å²) in [6.45, 7) is 0.175. The van der Waals surface area contributed by atoms with Crippen LogP contribution in [-0.4, -0.2) is 45.9 Å². The summed E-state index contributed by atoms with van der Waals surface area (Å²) >= 11 is 6.45. The van der Waals surface area contributed by atoms with Crippen molar-refractivity contribution in [2.45, 2.75) is 24.6 Å². The van der Waals surface area contributed by atoms with E-state index < -0.39 is 35.3 Å². The fourth-order valence-corrected chi connectivity index (χ4v) is 4.92. The number of rotatable bonds is 4. The molecule has 36 heavy (non-hydrogen) atoms. The first-order valence-corrected chi connectivity index (χ1v) is 11.3. The highest BCUT2D eigenvalue weighted by Gasteiger charge is 2.45. The Labute approximate surface area is 208 Å². The molecule has 0 radical (unpaired) electrons. The van der Waals surface area contributed by atoms with Crippen molar-refractivity contribution >= 4 is 29.1 Å². The maximum absolute atomic E-state index is 14.0. The average molecular weight is 518 g/mol. The number of pyridine rings is 1. The SMILES string of the molecule is COC(=O)[C@H]1[C@@H](c2ccccc2)CCN1C(=O)c1nc2c(C(F)(F)F)cc(-c3ccoc3)cn2c1Cl. The van der Waals surface area contributed by atoms with E-state index in [4.69, 9.17) is 20.8 Å². The van der Waals surface area contributed by atoms with Crippen molar-refractivity contribution in [3.63, 3.8) is 0 Å². The minimum absolute atomic E-state index is 0.175. The molecule has 3 aromatic heterocycles. The number of fused-ring (bicyclic) bond motifs is 1. The molecule has 11 heteroatoms. The summed E-state index contributed by atoms with van der Waals surface area (Å²) in [5, 5.41) is -0.294. The number of carbonyl (C=O) groups is 2. The van der Waals surface area contributed by atoms with Gasteiger partial charge in [-0.05, 0) is 24.1 Å². The lowest BCUT2D eigenvalue weighted by Gasteiger charge is -2.25. The summed E-state index contributed by atoms with van der Waals surface area (Å²) in [5.74, 6) is -1.74. The Hall–Kier alpha value is -3.79. The quantitative estimate of drug-likeness (QED) is 0.337. The normalized spacial score (nSPS) is 18.1. The molecule has 2 atom stereocenters. The molecule has 7 nitrogen and oxygen atoms in total. The second kappa shape index (κ2) is 9.02. The van der Waals surface area contributed by atoms with Crippen LogP contribution in [0, 0.1) is 0 Å². The molecule has 4 heterocycles. The number of halogens is 4. The van der Waals surface area contributed by atoms with Crippen molar-refractivity contribution in [3.8, 4) is 11.1 Å². The number of furan rings is 1. The molecule has 0 spiro atoms. The molecule has 0 saturated carbocycles. The van der Waals surface area contributed by atoms with Crippen molar-refractivity contribution in [1.82, 2.24) is 14.3 Å². The largest absolute Gasteiger partial charge is 0.472 e. The van der Waals surface area contributed by atoms with E-state index in [0.717, 1.165) is 16.0 Å². The van der Waals surface area contributed by atoms with Gasteiger partial charge in [0.15, 0.2) is 11.3 Å². The van der Waals surface area contributed by atoms with Gasteiger partial charge in [0, 0.05) is 29.8 Å². The van der Waals surface area contributed by atoms with Crippen molar-refractivity contribution < 1.29 is 31.9 Å². The van der Waals surface area contributed by atoms with Gasteiger partial charge in [0.25, 0.3) is 5.91 Å². The summed E-state index contributed by atoms with van der Waals surface area (Å²) in [6.07, 6.45) is -0.320. The van der Waals surface area contributed by atoms with Gasteiger partial charge in [-0.3, -0.25) is 9.20 Å². The molecule has 0 unspecified atom stereocenters. The topological polar surface area (TPSA) is 77.0 Å². The first-order chi connectivity index (χ1) is 17.2. The number of amides is 1. The number of ether oxygens (including phenoxy) is 1. The Kier molecular flexibility index (Phi) is 5.99. The van der Waals surface area contributed by atoms with Gasteiger partial charge in [0.2, 0.25) is 0 Å². The first-order valence-electron chi connectivity index (χ1n) is 11.0. The first kappa shape index (κ1) is 23.9. The van der Waals surface area contributed by atoms with Gasteiger partial charge in [-0.1, -0.05) is 41.9 Å². The van der Waals surface area contributed by atoms with Crippen LogP contribution in [0.5, 0.6) is 0 Å². The number of hydrogen-bond acceptors (Lipinski definition) is 5. The third-order valence-electron chi connectivity index (χ3n) is 6.35. The van der Waals surface area contributed by atoms with E-state index in [-0.39, 0.29) is 28.9 Å². The molecular formula is C25H19ClF3N3O4. The Bertz CT molecular complexity index is 1430. The zero-order valence-electron chi connectivity index (χ0n) is 18.8. The molecule has 0 aliphatic carbocycles. The van der Waals surface area contributed by atoms with Gasteiger partial charge in [-0.25, -0.2) is 9.78 Å². The second-order valence-corrected chi connectivity index (χ2v) is 8.73. The van der Waals surface area contributed by atoms with Crippen molar-refractivity contribution in [2.24, 2.45) is 0 Å². The van der Waals surface area contributed by atoms with E-state index >= 15 is 0 Å². The molecule has 4 aromatic rings. The molecule has 1 aromatic carbocycles. The fraction of sp³-hybridized carbons (Fsp3) is 0.240. The van der Waals surface area contributed by atoms with Crippen molar-refractivity contribution in [2.75, 3.05) is 13.7 Å². The summed E-state index contributed by atoms with van der Waals surface area (Å²) < 4.78 is 52.9. The lowest BCUT2D eigenvalue weighted by Crippen LogP contribution is -2.43. The highest BCUT2D eigenvalue weighted by Crippen LogP contribution is 2.39. The number of carbonyl (C=O) groups excluding carboxylic acids is 2. The lowest BCUT2D eigenvalue weighted by molar-refractivity contribution is -0.145. The molecule has 1 aliphatic rings. The summed E-state index contributed by atoms with van der Waals surface area (Å²) in [4.78, 5) is 31.6. The number of nitrogens with zero attached hydrogens (tertiary/aromatic N) is 3. The molecule has 0 bridgehead atoms. The molecule has 1 fully saturated rings. The number of hydrogen-bond donors (Lipinski definition) is 0. The highest BCUT2D eigenvalue weighted by atomic mass is 35.5.